The van der Waals surface area contributed by atoms with Crippen LogP contribution in [0.15, 0.2) is 23.1 Å². The Balaban J connectivity index is 2.55. The lowest BCUT2D eigenvalue weighted by Gasteiger charge is -2.16. The van der Waals surface area contributed by atoms with E-state index >= 15 is 0 Å². The summed E-state index contributed by atoms with van der Waals surface area (Å²) in [5.41, 5.74) is 0. The minimum Gasteiger partial charge on any atom is -0.352 e. The Kier molecular flexibility index (Phi) is 6.47. The topological polar surface area (TPSA) is 18.5 Å². The number of benzene rings is 1. The Morgan fingerprint density at radius 2 is 1.82 bits per heavy atom. The first-order valence-corrected chi connectivity index (χ1v) is 6.47. The molecule has 0 atom stereocenters. The van der Waals surface area contributed by atoms with E-state index in [1.165, 1.54) is 17.8 Å². The van der Waals surface area contributed by atoms with Crippen molar-refractivity contribution in [3.63, 3.8) is 0 Å². The SMILES string of the molecule is CCOC(CSc1cc(F)ccc1F)OCC. The molecular formula is C12H16F2O2S. The maximum Gasteiger partial charge on any atom is 0.166 e. The van der Waals surface area contributed by atoms with E-state index < -0.39 is 17.9 Å². The predicted octanol–water partition coefficient (Wildman–Crippen LogP) is 3.46. The molecule has 0 aromatic heterocycles. The molecule has 0 bridgehead atoms. The molecule has 96 valence electrons. The summed E-state index contributed by atoms with van der Waals surface area (Å²) >= 11 is 1.18. The van der Waals surface area contributed by atoms with Gasteiger partial charge in [0.25, 0.3) is 0 Å². The van der Waals surface area contributed by atoms with Crippen molar-refractivity contribution < 1.29 is 18.3 Å². The van der Waals surface area contributed by atoms with Gasteiger partial charge in [-0.25, -0.2) is 8.78 Å². The standard InChI is InChI=1S/C12H16F2O2S/c1-3-15-12(16-4-2)8-17-11-7-9(13)5-6-10(11)14/h5-7,12H,3-4,8H2,1-2H3. The third kappa shape index (κ3) is 5.02. The zero-order chi connectivity index (χ0) is 12.7. The average Bonchev–Trinajstić information content (AvgIpc) is 2.30. The molecular weight excluding hydrogens is 246 g/mol. The molecule has 2 nitrogen and oxygen atoms in total. The Morgan fingerprint density at radius 1 is 1.18 bits per heavy atom. The van der Waals surface area contributed by atoms with E-state index in [9.17, 15) is 8.78 Å². The molecule has 1 aromatic carbocycles. The molecule has 17 heavy (non-hydrogen) atoms. The second-order valence-corrected chi connectivity index (χ2v) is 4.29. The van der Waals surface area contributed by atoms with Crippen molar-refractivity contribution in [3.8, 4) is 0 Å². The van der Waals surface area contributed by atoms with Crippen LogP contribution in [0, 0.1) is 11.6 Å². The van der Waals surface area contributed by atoms with Crippen LogP contribution < -0.4 is 0 Å². The van der Waals surface area contributed by atoms with Gasteiger partial charge in [-0.3, -0.25) is 0 Å². The Bertz CT molecular complexity index is 341. The highest BCUT2D eigenvalue weighted by Crippen LogP contribution is 2.24. The van der Waals surface area contributed by atoms with Crippen molar-refractivity contribution in [1.29, 1.82) is 0 Å². The molecule has 0 saturated heterocycles. The minimum absolute atomic E-state index is 0.273. The van der Waals surface area contributed by atoms with Gasteiger partial charge in [-0.2, -0.15) is 0 Å². The number of ether oxygens (including phenoxy) is 2. The quantitative estimate of drug-likeness (QED) is 0.554. The van der Waals surface area contributed by atoms with Gasteiger partial charge in [-0.1, -0.05) is 0 Å². The highest BCUT2D eigenvalue weighted by Gasteiger charge is 2.11. The molecule has 0 spiro atoms. The Morgan fingerprint density at radius 3 is 2.41 bits per heavy atom. The van der Waals surface area contributed by atoms with Crippen LogP contribution in [0.1, 0.15) is 13.8 Å². The fraction of sp³-hybridized carbons (Fsp3) is 0.500. The van der Waals surface area contributed by atoms with Crippen LogP contribution >= 0.6 is 11.8 Å². The summed E-state index contributed by atoms with van der Waals surface area (Å²) in [4.78, 5) is 0.273. The molecule has 0 heterocycles. The smallest absolute Gasteiger partial charge is 0.166 e. The monoisotopic (exact) mass is 262 g/mol. The summed E-state index contributed by atoms with van der Waals surface area (Å²) in [6.07, 6.45) is -0.391. The van der Waals surface area contributed by atoms with Gasteiger partial charge in [-0.05, 0) is 32.0 Å². The van der Waals surface area contributed by atoms with Crippen molar-refractivity contribution in [1.82, 2.24) is 0 Å². The van der Waals surface area contributed by atoms with Gasteiger partial charge in [0.05, 0.1) is 0 Å². The molecule has 0 aliphatic carbocycles. The largest absolute Gasteiger partial charge is 0.352 e. The highest BCUT2D eigenvalue weighted by molar-refractivity contribution is 7.99. The lowest BCUT2D eigenvalue weighted by atomic mass is 10.3. The van der Waals surface area contributed by atoms with Gasteiger partial charge in [0, 0.05) is 23.9 Å². The predicted molar refractivity (Wildman–Crippen MR) is 64.1 cm³/mol. The number of hydrogen-bond donors (Lipinski definition) is 0. The Hall–Kier alpha value is -0.650. The van der Waals surface area contributed by atoms with Crippen LogP contribution in [0.4, 0.5) is 8.78 Å². The lowest BCUT2D eigenvalue weighted by Crippen LogP contribution is -2.20. The van der Waals surface area contributed by atoms with Crippen LogP contribution in [0.3, 0.4) is 0 Å². The summed E-state index contributed by atoms with van der Waals surface area (Å²) < 4.78 is 36.9. The highest BCUT2D eigenvalue weighted by atomic mass is 32.2. The molecule has 0 saturated carbocycles. The molecule has 0 aliphatic rings. The molecule has 0 aliphatic heterocycles. The number of halogens is 2. The van der Waals surface area contributed by atoms with Crippen molar-refractivity contribution in [3.05, 3.63) is 29.8 Å². The number of hydrogen-bond acceptors (Lipinski definition) is 3. The van der Waals surface area contributed by atoms with Crippen molar-refractivity contribution in [2.75, 3.05) is 19.0 Å². The van der Waals surface area contributed by atoms with E-state index in [0.29, 0.717) is 19.0 Å². The van der Waals surface area contributed by atoms with Gasteiger partial charge < -0.3 is 9.47 Å². The summed E-state index contributed by atoms with van der Waals surface area (Å²) in [6.45, 7) is 4.77. The van der Waals surface area contributed by atoms with E-state index in [4.69, 9.17) is 9.47 Å². The van der Waals surface area contributed by atoms with E-state index in [2.05, 4.69) is 0 Å². The summed E-state index contributed by atoms with van der Waals surface area (Å²) in [5.74, 6) is -0.441. The second-order valence-electron chi connectivity index (χ2n) is 3.23. The van der Waals surface area contributed by atoms with E-state index in [-0.39, 0.29) is 4.90 Å². The maximum absolute atomic E-state index is 13.3. The van der Waals surface area contributed by atoms with E-state index in [1.807, 2.05) is 13.8 Å². The van der Waals surface area contributed by atoms with Crippen molar-refractivity contribution >= 4 is 11.8 Å². The molecule has 0 radical (unpaired) electrons. The summed E-state index contributed by atoms with van der Waals surface area (Å²) in [7, 11) is 0. The molecule has 0 N–H and O–H groups in total. The zero-order valence-corrected chi connectivity index (χ0v) is 10.7. The van der Waals surface area contributed by atoms with E-state index in [0.717, 1.165) is 12.1 Å². The van der Waals surface area contributed by atoms with Gasteiger partial charge in [0.15, 0.2) is 6.29 Å². The number of thioether (sulfide) groups is 1. The molecule has 0 fully saturated rings. The molecule has 1 aromatic rings. The first kappa shape index (κ1) is 14.4. The third-order valence-corrected chi connectivity index (χ3v) is 3.04. The van der Waals surface area contributed by atoms with E-state index in [1.54, 1.807) is 0 Å². The van der Waals surface area contributed by atoms with Crippen LogP contribution in [0.2, 0.25) is 0 Å². The van der Waals surface area contributed by atoms with Gasteiger partial charge in [-0.15, -0.1) is 11.8 Å². The lowest BCUT2D eigenvalue weighted by molar-refractivity contribution is -0.120. The minimum atomic E-state index is -0.446. The normalized spacial score (nSPS) is 11.1. The molecule has 5 heteroatoms. The second kappa shape index (κ2) is 7.63. The fourth-order valence-corrected chi connectivity index (χ4v) is 2.17. The van der Waals surface area contributed by atoms with Gasteiger partial charge in [0.2, 0.25) is 0 Å². The third-order valence-electron chi connectivity index (χ3n) is 1.97. The molecule has 0 amide bonds. The van der Waals surface area contributed by atoms with Gasteiger partial charge in [0.1, 0.15) is 11.6 Å². The zero-order valence-electron chi connectivity index (χ0n) is 9.91. The average molecular weight is 262 g/mol. The first-order valence-electron chi connectivity index (χ1n) is 5.48. The first-order chi connectivity index (χ1) is 8.17. The van der Waals surface area contributed by atoms with Gasteiger partial charge >= 0.3 is 0 Å². The summed E-state index contributed by atoms with van der Waals surface area (Å²) in [5, 5.41) is 0. The molecule has 0 unspecified atom stereocenters. The van der Waals surface area contributed by atoms with Crippen LogP contribution in [0.5, 0.6) is 0 Å². The molecule has 1 rings (SSSR count). The van der Waals surface area contributed by atoms with Crippen LogP contribution in [-0.2, 0) is 9.47 Å². The van der Waals surface area contributed by atoms with Crippen LogP contribution in [-0.4, -0.2) is 25.3 Å². The Labute approximate surface area is 104 Å². The van der Waals surface area contributed by atoms with Crippen molar-refractivity contribution in [2.45, 2.75) is 25.0 Å². The fourth-order valence-electron chi connectivity index (χ4n) is 1.26. The van der Waals surface area contributed by atoms with Crippen molar-refractivity contribution in [2.24, 2.45) is 0 Å². The number of rotatable bonds is 7. The summed E-state index contributed by atoms with van der Waals surface area (Å²) in [6, 6.07) is 3.39. The van der Waals surface area contributed by atoms with Crippen LogP contribution in [0.25, 0.3) is 0 Å². The maximum atomic E-state index is 13.3.